The van der Waals surface area contributed by atoms with Gasteiger partial charge in [-0.05, 0) is 46.5 Å². The quantitative estimate of drug-likeness (QED) is 0.860. The standard InChI is InChI=1S/C13H23F2NO3/c1-13(2,3)19-12(17)16-9-4-6-10(7-5-9)18-8-11(14)15/h9-11H,4-8H2,1-3H3,(H,16,17)/t9-,10-. The van der Waals surface area contributed by atoms with Crippen molar-refractivity contribution < 1.29 is 23.0 Å². The summed E-state index contributed by atoms with van der Waals surface area (Å²) in [5.41, 5.74) is -0.512. The largest absolute Gasteiger partial charge is 0.444 e. The lowest BCUT2D eigenvalue weighted by molar-refractivity contribution is -0.0395. The van der Waals surface area contributed by atoms with Gasteiger partial charge in [0.15, 0.2) is 0 Å². The molecule has 1 amide bonds. The summed E-state index contributed by atoms with van der Waals surface area (Å²) in [6.07, 6.45) is -0.131. The molecule has 1 N–H and O–H groups in total. The van der Waals surface area contributed by atoms with E-state index in [1.54, 1.807) is 0 Å². The van der Waals surface area contributed by atoms with Gasteiger partial charge in [-0.15, -0.1) is 0 Å². The molecule has 0 bridgehead atoms. The fourth-order valence-electron chi connectivity index (χ4n) is 2.06. The van der Waals surface area contributed by atoms with Crippen LogP contribution in [-0.2, 0) is 9.47 Å². The molecule has 112 valence electrons. The van der Waals surface area contributed by atoms with Crippen molar-refractivity contribution in [3.8, 4) is 0 Å². The molecule has 0 unspecified atom stereocenters. The van der Waals surface area contributed by atoms with E-state index in [0.29, 0.717) is 12.8 Å². The Hall–Kier alpha value is -0.910. The third-order valence-electron chi connectivity index (χ3n) is 2.85. The van der Waals surface area contributed by atoms with E-state index in [9.17, 15) is 13.6 Å². The highest BCUT2D eigenvalue weighted by atomic mass is 19.3. The van der Waals surface area contributed by atoms with Crippen LogP contribution in [0.2, 0.25) is 0 Å². The zero-order valence-electron chi connectivity index (χ0n) is 11.7. The van der Waals surface area contributed by atoms with Crippen LogP contribution in [0.15, 0.2) is 0 Å². The van der Waals surface area contributed by atoms with Gasteiger partial charge >= 0.3 is 6.09 Å². The van der Waals surface area contributed by atoms with Gasteiger partial charge in [0.2, 0.25) is 0 Å². The highest BCUT2D eigenvalue weighted by molar-refractivity contribution is 5.68. The molecule has 0 saturated heterocycles. The molecular formula is C13H23F2NO3. The maximum Gasteiger partial charge on any atom is 0.407 e. The molecule has 0 atom stereocenters. The average molecular weight is 279 g/mol. The molecule has 1 rings (SSSR count). The van der Waals surface area contributed by atoms with Crippen LogP contribution in [0.4, 0.5) is 13.6 Å². The monoisotopic (exact) mass is 279 g/mol. The van der Waals surface area contributed by atoms with Gasteiger partial charge in [0.1, 0.15) is 12.2 Å². The van der Waals surface area contributed by atoms with E-state index in [2.05, 4.69) is 5.32 Å². The first-order valence-electron chi connectivity index (χ1n) is 6.65. The summed E-state index contributed by atoms with van der Waals surface area (Å²) in [6, 6.07) is 0.0428. The van der Waals surface area contributed by atoms with Crippen LogP contribution in [0, 0.1) is 0 Å². The maximum absolute atomic E-state index is 12.0. The lowest BCUT2D eigenvalue weighted by Crippen LogP contribution is -2.42. The normalized spacial score (nSPS) is 24.3. The van der Waals surface area contributed by atoms with E-state index in [1.807, 2.05) is 20.8 Å². The fraction of sp³-hybridized carbons (Fsp3) is 0.923. The number of amides is 1. The number of alkyl carbamates (subject to hydrolysis) is 1. The Kier molecular flexibility index (Phi) is 5.97. The predicted molar refractivity (Wildman–Crippen MR) is 67.4 cm³/mol. The number of ether oxygens (including phenoxy) is 2. The van der Waals surface area contributed by atoms with Crippen LogP contribution in [0.25, 0.3) is 0 Å². The highest BCUT2D eigenvalue weighted by Crippen LogP contribution is 2.22. The SMILES string of the molecule is CC(C)(C)OC(=O)N[C@H]1CC[C@H](OCC(F)F)CC1. The van der Waals surface area contributed by atoms with Crippen molar-refractivity contribution in [3.63, 3.8) is 0 Å². The van der Waals surface area contributed by atoms with E-state index in [4.69, 9.17) is 9.47 Å². The smallest absolute Gasteiger partial charge is 0.407 e. The van der Waals surface area contributed by atoms with Gasteiger partial charge in [-0.25, -0.2) is 13.6 Å². The van der Waals surface area contributed by atoms with Crippen molar-refractivity contribution in [2.24, 2.45) is 0 Å². The van der Waals surface area contributed by atoms with Gasteiger partial charge < -0.3 is 14.8 Å². The summed E-state index contributed by atoms with van der Waals surface area (Å²) >= 11 is 0. The minimum Gasteiger partial charge on any atom is -0.444 e. The first-order chi connectivity index (χ1) is 8.76. The molecule has 1 aliphatic rings. The van der Waals surface area contributed by atoms with E-state index >= 15 is 0 Å². The molecule has 0 aromatic rings. The molecule has 4 nitrogen and oxygen atoms in total. The number of carbonyl (C=O) groups is 1. The van der Waals surface area contributed by atoms with Crippen LogP contribution in [0.1, 0.15) is 46.5 Å². The number of alkyl halides is 2. The van der Waals surface area contributed by atoms with Gasteiger partial charge in [0.25, 0.3) is 6.43 Å². The maximum atomic E-state index is 12.0. The summed E-state index contributed by atoms with van der Waals surface area (Å²) in [4.78, 5) is 11.6. The number of carbonyl (C=O) groups excluding carboxylic acids is 1. The Bertz CT molecular complexity index is 284. The second-order valence-electron chi connectivity index (χ2n) is 5.84. The minimum atomic E-state index is -2.42. The first kappa shape index (κ1) is 16.1. The van der Waals surface area contributed by atoms with Crippen LogP contribution >= 0.6 is 0 Å². The van der Waals surface area contributed by atoms with Gasteiger partial charge in [-0.2, -0.15) is 0 Å². The van der Waals surface area contributed by atoms with Crippen molar-refractivity contribution in [2.45, 2.75) is 70.6 Å². The molecule has 0 aromatic carbocycles. The van der Waals surface area contributed by atoms with Crippen molar-refractivity contribution >= 4 is 6.09 Å². The molecule has 0 spiro atoms. The van der Waals surface area contributed by atoms with Crippen molar-refractivity contribution in [3.05, 3.63) is 0 Å². The Balaban J connectivity index is 2.21. The lowest BCUT2D eigenvalue weighted by Gasteiger charge is -2.30. The molecule has 1 aliphatic carbocycles. The highest BCUT2D eigenvalue weighted by Gasteiger charge is 2.25. The number of rotatable bonds is 4. The second kappa shape index (κ2) is 7.03. The van der Waals surface area contributed by atoms with Crippen molar-refractivity contribution in [1.82, 2.24) is 5.32 Å². The lowest BCUT2D eigenvalue weighted by atomic mass is 9.93. The second-order valence-corrected chi connectivity index (χ2v) is 5.84. The molecule has 1 fully saturated rings. The first-order valence-corrected chi connectivity index (χ1v) is 6.65. The summed E-state index contributed by atoms with van der Waals surface area (Å²) in [5.74, 6) is 0. The van der Waals surface area contributed by atoms with E-state index in [1.165, 1.54) is 0 Å². The summed E-state index contributed by atoms with van der Waals surface area (Å²) < 4.78 is 34.2. The summed E-state index contributed by atoms with van der Waals surface area (Å²) in [7, 11) is 0. The van der Waals surface area contributed by atoms with Gasteiger partial charge in [-0.3, -0.25) is 0 Å². The number of hydrogen-bond acceptors (Lipinski definition) is 3. The van der Waals surface area contributed by atoms with E-state index in [-0.39, 0.29) is 12.1 Å². The Morgan fingerprint density at radius 2 is 1.84 bits per heavy atom. The molecule has 0 aromatic heterocycles. The zero-order chi connectivity index (χ0) is 14.5. The Morgan fingerprint density at radius 3 is 2.32 bits per heavy atom. The third-order valence-corrected chi connectivity index (χ3v) is 2.85. The van der Waals surface area contributed by atoms with Crippen molar-refractivity contribution in [1.29, 1.82) is 0 Å². The Morgan fingerprint density at radius 1 is 1.26 bits per heavy atom. The number of nitrogens with one attached hydrogen (secondary N) is 1. The van der Waals surface area contributed by atoms with Crippen LogP contribution in [0.3, 0.4) is 0 Å². The fourth-order valence-corrected chi connectivity index (χ4v) is 2.06. The Labute approximate surface area is 112 Å². The molecule has 0 aliphatic heterocycles. The topological polar surface area (TPSA) is 47.6 Å². The minimum absolute atomic E-state index is 0.0428. The number of halogens is 2. The average Bonchev–Trinajstić information content (AvgIpc) is 2.25. The molecule has 0 radical (unpaired) electrons. The van der Waals surface area contributed by atoms with E-state index in [0.717, 1.165) is 12.8 Å². The van der Waals surface area contributed by atoms with Gasteiger partial charge in [0.05, 0.1) is 6.10 Å². The van der Waals surface area contributed by atoms with Crippen LogP contribution in [-0.4, -0.2) is 36.9 Å². The van der Waals surface area contributed by atoms with Crippen LogP contribution in [0.5, 0.6) is 0 Å². The van der Waals surface area contributed by atoms with Gasteiger partial charge in [0, 0.05) is 6.04 Å². The third kappa shape index (κ3) is 7.30. The summed E-state index contributed by atoms with van der Waals surface area (Å²) in [5, 5.41) is 2.80. The molecule has 19 heavy (non-hydrogen) atoms. The van der Waals surface area contributed by atoms with Crippen molar-refractivity contribution in [2.75, 3.05) is 6.61 Å². The molecule has 1 saturated carbocycles. The molecule has 0 heterocycles. The molecule has 6 heteroatoms. The van der Waals surface area contributed by atoms with Gasteiger partial charge in [-0.1, -0.05) is 0 Å². The summed E-state index contributed by atoms with van der Waals surface area (Å²) in [6.45, 7) is 4.92. The predicted octanol–water partition coefficient (Wildman–Crippen LogP) is 3.10. The van der Waals surface area contributed by atoms with E-state index < -0.39 is 24.7 Å². The van der Waals surface area contributed by atoms with Crippen LogP contribution < -0.4 is 5.32 Å². The number of hydrogen-bond donors (Lipinski definition) is 1. The zero-order valence-corrected chi connectivity index (χ0v) is 11.7. The molecular weight excluding hydrogens is 256 g/mol.